The predicted molar refractivity (Wildman–Crippen MR) is 119 cm³/mol. The van der Waals surface area contributed by atoms with Crippen LogP contribution in [0.4, 0.5) is 5.69 Å². The molecule has 1 aliphatic rings. The molecule has 1 aromatic heterocycles. The Hall–Kier alpha value is -2.67. The van der Waals surface area contributed by atoms with Gasteiger partial charge in [-0.1, -0.05) is 24.6 Å². The highest BCUT2D eigenvalue weighted by molar-refractivity contribution is 7.92. The van der Waals surface area contributed by atoms with E-state index in [1.165, 1.54) is 6.42 Å². The van der Waals surface area contributed by atoms with E-state index in [4.69, 9.17) is 0 Å². The Morgan fingerprint density at radius 2 is 1.67 bits per heavy atom. The summed E-state index contributed by atoms with van der Waals surface area (Å²) in [5.41, 5.74) is 4.90. The van der Waals surface area contributed by atoms with Crippen molar-refractivity contribution in [3.05, 3.63) is 58.4 Å². The largest absolute Gasteiger partial charge is 0.311 e. The first-order chi connectivity index (χ1) is 14.3. The van der Waals surface area contributed by atoms with Crippen molar-refractivity contribution in [3.63, 3.8) is 0 Å². The summed E-state index contributed by atoms with van der Waals surface area (Å²) in [7, 11) is -3.72. The second-order valence-electron chi connectivity index (χ2n) is 8.18. The lowest BCUT2D eigenvalue weighted by Crippen LogP contribution is -2.17. The van der Waals surface area contributed by atoms with Crippen LogP contribution in [0.1, 0.15) is 47.3 Å². The van der Waals surface area contributed by atoms with E-state index >= 15 is 0 Å². The molecular formula is C23H28N4O2S. The average molecular weight is 425 g/mol. The molecule has 0 saturated heterocycles. The van der Waals surface area contributed by atoms with E-state index in [0.717, 1.165) is 65.3 Å². The number of rotatable bonds is 4. The molecule has 0 radical (unpaired) electrons. The molecule has 0 aliphatic carbocycles. The van der Waals surface area contributed by atoms with E-state index in [2.05, 4.69) is 19.5 Å². The van der Waals surface area contributed by atoms with Crippen molar-refractivity contribution in [1.29, 1.82) is 0 Å². The number of nitrogens with one attached hydrogen (secondary N) is 1. The molecule has 3 aromatic rings. The molecule has 2 heterocycles. The highest BCUT2D eigenvalue weighted by Crippen LogP contribution is 2.29. The summed E-state index contributed by atoms with van der Waals surface area (Å²) in [6, 6.07) is 9.45. The minimum absolute atomic E-state index is 0.363. The van der Waals surface area contributed by atoms with Gasteiger partial charge < -0.3 is 4.57 Å². The number of aryl methyl sites for hydroxylation is 3. The zero-order chi connectivity index (χ0) is 21.5. The minimum Gasteiger partial charge on any atom is -0.311 e. The molecule has 158 valence electrons. The molecule has 0 unspecified atom stereocenters. The molecule has 1 N–H and O–H groups in total. The fraction of sp³-hybridized carbons (Fsp3) is 0.391. The summed E-state index contributed by atoms with van der Waals surface area (Å²) in [6.07, 6.45) is 4.37. The van der Waals surface area contributed by atoms with Crippen molar-refractivity contribution in [2.24, 2.45) is 0 Å². The van der Waals surface area contributed by atoms with Crippen LogP contribution in [0.15, 0.2) is 35.2 Å². The number of anilines is 1. The lowest BCUT2D eigenvalue weighted by molar-refractivity contribution is 0.599. The van der Waals surface area contributed by atoms with Crippen molar-refractivity contribution >= 4 is 15.7 Å². The van der Waals surface area contributed by atoms with E-state index in [1.807, 2.05) is 52.0 Å². The third-order valence-electron chi connectivity index (χ3n) is 6.05. The van der Waals surface area contributed by atoms with Crippen LogP contribution in [-0.2, 0) is 23.0 Å². The summed E-state index contributed by atoms with van der Waals surface area (Å²) < 4.78 is 31.5. The molecule has 2 aromatic carbocycles. The van der Waals surface area contributed by atoms with Gasteiger partial charge in [0.15, 0.2) is 5.82 Å². The van der Waals surface area contributed by atoms with Crippen molar-refractivity contribution in [3.8, 4) is 11.4 Å². The van der Waals surface area contributed by atoms with Gasteiger partial charge in [-0.05, 0) is 74.9 Å². The van der Waals surface area contributed by atoms with Gasteiger partial charge in [0, 0.05) is 24.2 Å². The minimum atomic E-state index is -3.72. The first-order valence-electron chi connectivity index (χ1n) is 10.4. The SMILES string of the molecule is Cc1cc(C)c(C)c(S(=O)(=O)Nc2cccc(-c3nnc4n3CCCCC4)c2)c1C. The van der Waals surface area contributed by atoms with Crippen molar-refractivity contribution < 1.29 is 8.42 Å². The second kappa shape index (κ2) is 7.87. The van der Waals surface area contributed by atoms with Crippen molar-refractivity contribution in [2.45, 2.75) is 64.8 Å². The number of hydrogen-bond acceptors (Lipinski definition) is 4. The van der Waals surface area contributed by atoms with Gasteiger partial charge in [-0.25, -0.2) is 8.42 Å². The van der Waals surface area contributed by atoms with Crippen LogP contribution in [-0.4, -0.2) is 23.2 Å². The Labute approximate surface area is 178 Å². The smallest absolute Gasteiger partial charge is 0.262 e. The highest BCUT2D eigenvalue weighted by atomic mass is 32.2. The molecule has 0 bridgehead atoms. The first kappa shape index (κ1) is 20.6. The van der Waals surface area contributed by atoms with E-state index in [-0.39, 0.29) is 0 Å². The molecule has 0 saturated carbocycles. The third kappa shape index (κ3) is 3.74. The molecule has 4 rings (SSSR count). The van der Waals surface area contributed by atoms with Crippen LogP contribution in [0.2, 0.25) is 0 Å². The van der Waals surface area contributed by atoms with Gasteiger partial charge in [0.1, 0.15) is 5.82 Å². The third-order valence-corrected chi connectivity index (χ3v) is 7.70. The summed E-state index contributed by atoms with van der Waals surface area (Å²) in [5.74, 6) is 1.81. The van der Waals surface area contributed by atoms with Crippen LogP contribution < -0.4 is 4.72 Å². The highest BCUT2D eigenvalue weighted by Gasteiger charge is 2.23. The van der Waals surface area contributed by atoms with Gasteiger partial charge in [0.05, 0.1) is 4.90 Å². The van der Waals surface area contributed by atoms with Crippen LogP contribution in [0, 0.1) is 27.7 Å². The molecule has 0 amide bonds. The Balaban J connectivity index is 1.71. The predicted octanol–water partition coefficient (Wildman–Crippen LogP) is 4.71. The van der Waals surface area contributed by atoms with Gasteiger partial charge in [-0.3, -0.25) is 4.72 Å². The Morgan fingerprint density at radius 1 is 0.933 bits per heavy atom. The van der Waals surface area contributed by atoms with E-state index < -0.39 is 10.0 Å². The van der Waals surface area contributed by atoms with Gasteiger partial charge in [-0.2, -0.15) is 0 Å². The number of nitrogens with zero attached hydrogens (tertiary/aromatic N) is 3. The molecule has 0 fully saturated rings. The molecule has 0 spiro atoms. The molecule has 6 nitrogen and oxygen atoms in total. The topological polar surface area (TPSA) is 76.9 Å². The molecule has 7 heteroatoms. The fourth-order valence-corrected chi connectivity index (χ4v) is 5.88. The zero-order valence-corrected chi connectivity index (χ0v) is 18.8. The van der Waals surface area contributed by atoms with Crippen LogP contribution in [0.5, 0.6) is 0 Å². The quantitative estimate of drug-likeness (QED) is 0.658. The van der Waals surface area contributed by atoms with E-state index in [0.29, 0.717) is 10.6 Å². The fourth-order valence-electron chi connectivity index (χ4n) is 4.21. The Bertz CT molecular complexity index is 1190. The van der Waals surface area contributed by atoms with Gasteiger partial charge in [0.2, 0.25) is 0 Å². The maximum absolute atomic E-state index is 13.3. The lowest BCUT2D eigenvalue weighted by atomic mass is 10.0. The maximum Gasteiger partial charge on any atom is 0.262 e. The summed E-state index contributed by atoms with van der Waals surface area (Å²) >= 11 is 0. The number of benzene rings is 2. The lowest BCUT2D eigenvalue weighted by Gasteiger charge is -2.17. The number of fused-ring (bicyclic) bond motifs is 1. The summed E-state index contributed by atoms with van der Waals surface area (Å²) in [4.78, 5) is 0.363. The standard InChI is InChI=1S/C23H28N4O2S/c1-15-13-16(2)18(4)22(17(15)3)30(28,29)26-20-10-8-9-19(14-20)23-25-24-21-11-6-5-7-12-27(21)23/h8-10,13-14,26H,5-7,11-12H2,1-4H3. The maximum atomic E-state index is 13.3. The van der Waals surface area contributed by atoms with E-state index in [9.17, 15) is 8.42 Å². The normalized spacial score (nSPS) is 14.3. The molecular weight excluding hydrogens is 396 g/mol. The summed E-state index contributed by atoms with van der Waals surface area (Å²) in [5, 5.41) is 8.75. The van der Waals surface area contributed by atoms with Crippen molar-refractivity contribution in [1.82, 2.24) is 14.8 Å². The van der Waals surface area contributed by atoms with E-state index in [1.54, 1.807) is 6.07 Å². The van der Waals surface area contributed by atoms with Gasteiger partial charge in [0.25, 0.3) is 10.0 Å². The Kier molecular flexibility index (Phi) is 5.40. The zero-order valence-electron chi connectivity index (χ0n) is 18.0. The molecule has 1 aliphatic heterocycles. The van der Waals surface area contributed by atoms with Gasteiger partial charge in [-0.15, -0.1) is 10.2 Å². The first-order valence-corrected chi connectivity index (χ1v) is 11.9. The number of sulfonamides is 1. The summed E-state index contributed by atoms with van der Waals surface area (Å²) in [6.45, 7) is 8.50. The Morgan fingerprint density at radius 3 is 2.40 bits per heavy atom. The van der Waals surface area contributed by atoms with Crippen molar-refractivity contribution in [2.75, 3.05) is 4.72 Å². The molecule has 0 atom stereocenters. The van der Waals surface area contributed by atoms with Gasteiger partial charge >= 0.3 is 0 Å². The number of aromatic nitrogens is 3. The average Bonchev–Trinajstić information content (AvgIpc) is 2.94. The van der Waals surface area contributed by atoms with Crippen LogP contribution in [0.25, 0.3) is 11.4 Å². The number of hydrogen-bond donors (Lipinski definition) is 1. The monoisotopic (exact) mass is 424 g/mol. The van der Waals surface area contributed by atoms with Crippen LogP contribution >= 0.6 is 0 Å². The van der Waals surface area contributed by atoms with Crippen LogP contribution in [0.3, 0.4) is 0 Å². The molecule has 30 heavy (non-hydrogen) atoms. The second-order valence-corrected chi connectivity index (χ2v) is 9.80.